The number of nitrogens with two attached hydrogens (primary N) is 1. The van der Waals surface area contributed by atoms with Crippen molar-refractivity contribution < 1.29 is 23.6 Å². The minimum atomic E-state index is -0.632. The first kappa shape index (κ1) is 21.2. The average molecular weight is 428 g/mol. The van der Waals surface area contributed by atoms with Gasteiger partial charge in [0.25, 0.3) is 0 Å². The smallest absolute Gasteiger partial charge is 0.249 e. The molecule has 1 saturated carbocycles. The number of primary amides is 1. The van der Waals surface area contributed by atoms with Crippen molar-refractivity contribution >= 4 is 11.8 Å². The van der Waals surface area contributed by atoms with E-state index in [1.165, 1.54) is 23.3 Å². The molecule has 2 N–H and O–H groups in total. The SMILES string of the molecule is NC(=O)c1ccc(F)c(OC[C@H]2CC[C@H](C(=O)N3OCC[C@H]3c3cnccn3)CC2)c1. The molecule has 2 fully saturated rings. The second kappa shape index (κ2) is 9.38. The maximum atomic E-state index is 14.0. The molecule has 2 heterocycles. The number of carbonyl (C=O) groups excluding carboxylic acids is 2. The molecule has 2 aliphatic rings. The molecule has 1 aliphatic carbocycles. The van der Waals surface area contributed by atoms with Crippen LogP contribution in [-0.4, -0.2) is 40.1 Å². The van der Waals surface area contributed by atoms with Gasteiger partial charge in [0.05, 0.1) is 25.1 Å². The lowest BCUT2D eigenvalue weighted by atomic mass is 9.81. The van der Waals surface area contributed by atoms with Crippen LogP contribution in [0.15, 0.2) is 36.8 Å². The lowest BCUT2D eigenvalue weighted by Crippen LogP contribution is -2.37. The fourth-order valence-corrected chi connectivity index (χ4v) is 4.17. The van der Waals surface area contributed by atoms with Crippen LogP contribution in [0.3, 0.4) is 0 Å². The highest BCUT2D eigenvalue weighted by molar-refractivity contribution is 5.93. The van der Waals surface area contributed by atoms with Crippen LogP contribution in [0.4, 0.5) is 4.39 Å². The van der Waals surface area contributed by atoms with Crippen LogP contribution in [-0.2, 0) is 9.63 Å². The van der Waals surface area contributed by atoms with Crippen LogP contribution in [0.5, 0.6) is 5.75 Å². The number of rotatable bonds is 6. The van der Waals surface area contributed by atoms with Crippen LogP contribution in [0.2, 0.25) is 0 Å². The number of ether oxygens (including phenoxy) is 1. The van der Waals surface area contributed by atoms with Gasteiger partial charge in [0.2, 0.25) is 11.8 Å². The summed E-state index contributed by atoms with van der Waals surface area (Å²) in [5.74, 6) is -1.08. The van der Waals surface area contributed by atoms with Crippen molar-refractivity contribution in [2.75, 3.05) is 13.2 Å². The topological polar surface area (TPSA) is 108 Å². The van der Waals surface area contributed by atoms with Crippen molar-refractivity contribution in [1.82, 2.24) is 15.0 Å². The molecular formula is C22H25FN4O4. The molecular weight excluding hydrogens is 403 g/mol. The number of amides is 2. The highest BCUT2D eigenvalue weighted by atomic mass is 19.1. The van der Waals surface area contributed by atoms with Crippen molar-refractivity contribution in [3.8, 4) is 5.75 Å². The fourth-order valence-electron chi connectivity index (χ4n) is 4.17. The van der Waals surface area contributed by atoms with E-state index in [4.69, 9.17) is 15.3 Å². The Balaban J connectivity index is 1.30. The van der Waals surface area contributed by atoms with E-state index in [2.05, 4.69) is 9.97 Å². The first-order valence-corrected chi connectivity index (χ1v) is 10.5. The second-order valence-corrected chi connectivity index (χ2v) is 7.97. The zero-order chi connectivity index (χ0) is 21.8. The molecule has 9 heteroatoms. The Morgan fingerprint density at radius 1 is 1.19 bits per heavy atom. The number of hydroxylamine groups is 2. The van der Waals surface area contributed by atoms with Gasteiger partial charge in [-0.25, -0.2) is 9.45 Å². The monoisotopic (exact) mass is 428 g/mol. The quantitative estimate of drug-likeness (QED) is 0.758. The zero-order valence-corrected chi connectivity index (χ0v) is 17.1. The third-order valence-electron chi connectivity index (χ3n) is 5.93. The van der Waals surface area contributed by atoms with E-state index in [9.17, 15) is 14.0 Å². The normalized spacial score (nSPS) is 23.5. The minimum absolute atomic E-state index is 0.0202. The summed E-state index contributed by atoms with van der Waals surface area (Å²) in [6.07, 6.45) is 8.58. The molecule has 1 aliphatic heterocycles. The summed E-state index contributed by atoms with van der Waals surface area (Å²) in [6, 6.07) is 3.62. The van der Waals surface area contributed by atoms with Crippen molar-refractivity contribution in [3.63, 3.8) is 0 Å². The van der Waals surface area contributed by atoms with E-state index in [1.54, 1.807) is 18.6 Å². The standard InChI is InChI=1S/C22H25FN4O4/c23-17-6-5-16(21(24)28)11-20(17)30-13-14-1-3-15(4-2-14)22(29)27-19(7-10-31-27)18-12-25-8-9-26-18/h5-6,8-9,11-12,14-15,19H,1-4,7,10,13H2,(H2,24,28)/t14-,15-,19-/m0/s1. The summed E-state index contributed by atoms with van der Waals surface area (Å²) in [7, 11) is 0. The number of hydrogen-bond acceptors (Lipinski definition) is 6. The molecule has 1 aromatic carbocycles. The molecule has 1 atom stereocenters. The Kier molecular flexibility index (Phi) is 6.41. The molecule has 164 valence electrons. The maximum absolute atomic E-state index is 14.0. The van der Waals surface area contributed by atoms with Crippen LogP contribution in [0, 0.1) is 17.7 Å². The Labute approximate surface area is 179 Å². The molecule has 4 rings (SSSR count). The van der Waals surface area contributed by atoms with Crippen molar-refractivity contribution in [1.29, 1.82) is 0 Å². The first-order valence-electron chi connectivity index (χ1n) is 10.5. The van der Waals surface area contributed by atoms with Gasteiger partial charge in [-0.1, -0.05) is 0 Å². The Morgan fingerprint density at radius 2 is 2.00 bits per heavy atom. The number of aromatic nitrogens is 2. The molecule has 1 saturated heterocycles. The van der Waals surface area contributed by atoms with E-state index in [1.807, 2.05) is 0 Å². The molecule has 0 bridgehead atoms. The molecule has 8 nitrogen and oxygen atoms in total. The molecule has 31 heavy (non-hydrogen) atoms. The Bertz CT molecular complexity index is 934. The van der Waals surface area contributed by atoms with Gasteiger partial charge >= 0.3 is 0 Å². The zero-order valence-electron chi connectivity index (χ0n) is 17.1. The van der Waals surface area contributed by atoms with Gasteiger partial charge in [0.15, 0.2) is 11.6 Å². The summed E-state index contributed by atoms with van der Waals surface area (Å²) in [5, 5.41) is 1.47. The van der Waals surface area contributed by atoms with Crippen LogP contribution < -0.4 is 10.5 Å². The predicted octanol–water partition coefficient (Wildman–Crippen LogP) is 2.81. The number of halogens is 1. The van der Waals surface area contributed by atoms with E-state index < -0.39 is 11.7 Å². The number of carbonyl (C=O) groups is 2. The van der Waals surface area contributed by atoms with Gasteiger partial charge in [0.1, 0.15) is 6.04 Å². The predicted molar refractivity (Wildman–Crippen MR) is 108 cm³/mol. The number of nitrogens with zero attached hydrogens (tertiary/aromatic N) is 3. The minimum Gasteiger partial charge on any atom is -0.490 e. The van der Waals surface area contributed by atoms with Crippen molar-refractivity contribution in [2.45, 2.75) is 38.1 Å². The van der Waals surface area contributed by atoms with Gasteiger partial charge in [-0.15, -0.1) is 0 Å². The van der Waals surface area contributed by atoms with Gasteiger partial charge in [-0.3, -0.25) is 24.4 Å². The lowest BCUT2D eigenvalue weighted by Gasteiger charge is -2.31. The van der Waals surface area contributed by atoms with Gasteiger partial charge in [-0.05, 0) is 49.8 Å². The summed E-state index contributed by atoms with van der Waals surface area (Å²) in [6.45, 7) is 0.800. The lowest BCUT2D eigenvalue weighted by molar-refractivity contribution is -0.183. The van der Waals surface area contributed by atoms with Gasteiger partial charge in [-0.2, -0.15) is 0 Å². The summed E-state index contributed by atoms with van der Waals surface area (Å²) in [4.78, 5) is 38.4. The van der Waals surface area contributed by atoms with Gasteiger partial charge in [0, 0.05) is 30.3 Å². The van der Waals surface area contributed by atoms with Gasteiger partial charge < -0.3 is 10.5 Å². The number of benzene rings is 1. The third-order valence-corrected chi connectivity index (χ3v) is 5.93. The van der Waals surface area contributed by atoms with E-state index in [0.717, 1.165) is 18.5 Å². The molecule has 0 radical (unpaired) electrons. The summed E-state index contributed by atoms with van der Waals surface area (Å²) < 4.78 is 19.6. The van der Waals surface area contributed by atoms with Crippen LogP contribution in [0.25, 0.3) is 0 Å². The fraction of sp³-hybridized carbons (Fsp3) is 0.455. The summed E-state index contributed by atoms with van der Waals surface area (Å²) >= 11 is 0. The van der Waals surface area contributed by atoms with E-state index >= 15 is 0 Å². The molecule has 2 aromatic rings. The maximum Gasteiger partial charge on any atom is 0.249 e. The average Bonchev–Trinajstić information content (AvgIpc) is 3.29. The van der Waals surface area contributed by atoms with Crippen molar-refractivity contribution in [3.05, 3.63) is 53.9 Å². The molecule has 2 amide bonds. The molecule has 0 unspecified atom stereocenters. The van der Waals surface area contributed by atoms with Crippen LogP contribution >= 0.6 is 0 Å². The first-order chi connectivity index (χ1) is 15.0. The third kappa shape index (κ3) is 4.82. The molecule has 0 spiro atoms. The number of hydrogen-bond donors (Lipinski definition) is 1. The second-order valence-electron chi connectivity index (χ2n) is 7.97. The highest BCUT2D eigenvalue weighted by Gasteiger charge is 2.38. The Morgan fingerprint density at radius 3 is 2.71 bits per heavy atom. The largest absolute Gasteiger partial charge is 0.490 e. The van der Waals surface area contributed by atoms with Crippen molar-refractivity contribution in [2.24, 2.45) is 17.6 Å². The molecule has 1 aromatic heterocycles. The van der Waals surface area contributed by atoms with E-state index in [-0.39, 0.29) is 35.1 Å². The summed E-state index contributed by atoms with van der Waals surface area (Å²) in [5.41, 5.74) is 6.18. The van der Waals surface area contributed by atoms with E-state index in [0.29, 0.717) is 32.5 Å². The highest BCUT2D eigenvalue weighted by Crippen LogP contribution is 2.35. The van der Waals surface area contributed by atoms with Crippen LogP contribution in [0.1, 0.15) is 54.2 Å². The Hall–Kier alpha value is -3.07.